The van der Waals surface area contributed by atoms with Crippen molar-refractivity contribution < 1.29 is 9.13 Å². The molecule has 0 aliphatic heterocycles. The highest BCUT2D eigenvalue weighted by Gasteiger charge is 2.04. The highest BCUT2D eigenvalue weighted by atomic mass is 19.1. The molecular formula is C16H15FN2O. The van der Waals surface area contributed by atoms with E-state index in [1.54, 1.807) is 6.07 Å². The molecule has 3 nitrogen and oxygen atoms in total. The third kappa shape index (κ3) is 3.56. The van der Waals surface area contributed by atoms with Crippen LogP contribution in [0.25, 0.3) is 0 Å². The Morgan fingerprint density at radius 1 is 1.30 bits per heavy atom. The SMILES string of the molecule is C[C@@H](N)c1cccc(OCc2cc(F)cc(C#N)c2)c1. The number of hydrogen-bond donors (Lipinski definition) is 1. The molecule has 102 valence electrons. The Kier molecular flexibility index (Phi) is 4.34. The van der Waals surface area contributed by atoms with Gasteiger partial charge in [0.05, 0.1) is 11.6 Å². The lowest BCUT2D eigenvalue weighted by Gasteiger charge is -2.10. The average molecular weight is 270 g/mol. The van der Waals surface area contributed by atoms with Gasteiger partial charge in [-0.15, -0.1) is 0 Å². The Bertz CT molecular complexity index is 647. The second-order valence-electron chi connectivity index (χ2n) is 4.61. The number of ether oxygens (including phenoxy) is 1. The molecule has 0 aliphatic rings. The summed E-state index contributed by atoms with van der Waals surface area (Å²) >= 11 is 0. The number of nitrogens with zero attached hydrogens (tertiary/aromatic N) is 1. The van der Waals surface area contributed by atoms with Crippen LogP contribution in [0, 0.1) is 17.1 Å². The molecule has 0 saturated carbocycles. The van der Waals surface area contributed by atoms with E-state index < -0.39 is 5.82 Å². The molecule has 0 saturated heterocycles. The average Bonchev–Trinajstić information content (AvgIpc) is 2.44. The molecule has 20 heavy (non-hydrogen) atoms. The zero-order chi connectivity index (χ0) is 14.5. The molecule has 4 heteroatoms. The Hall–Kier alpha value is -2.38. The van der Waals surface area contributed by atoms with Crippen LogP contribution in [0.3, 0.4) is 0 Å². The molecule has 2 N–H and O–H groups in total. The predicted octanol–water partition coefficient (Wildman–Crippen LogP) is 3.30. The summed E-state index contributed by atoms with van der Waals surface area (Å²) in [6.07, 6.45) is 0. The minimum atomic E-state index is -0.438. The van der Waals surface area contributed by atoms with Crippen molar-refractivity contribution in [3.05, 3.63) is 65.0 Å². The predicted molar refractivity (Wildman–Crippen MR) is 74.5 cm³/mol. The van der Waals surface area contributed by atoms with Gasteiger partial charge in [-0.3, -0.25) is 0 Å². The number of hydrogen-bond acceptors (Lipinski definition) is 3. The quantitative estimate of drug-likeness (QED) is 0.927. The van der Waals surface area contributed by atoms with Crippen molar-refractivity contribution in [3.63, 3.8) is 0 Å². The van der Waals surface area contributed by atoms with E-state index in [0.29, 0.717) is 11.3 Å². The van der Waals surface area contributed by atoms with Crippen LogP contribution in [0.1, 0.15) is 29.7 Å². The molecule has 2 aromatic rings. The summed E-state index contributed by atoms with van der Waals surface area (Å²) in [7, 11) is 0. The molecule has 2 rings (SSSR count). The first kappa shape index (κ1) is 14.0. The van der Waals surface area contributed by atoms with Gasteiger partial charge in [-0.2, -0.15) is 5.26 Å². The second kappa shape index (κ2) is 6.18. The van der Waals surface area contributed by atoms with Crippen molar-refractivity contribution in [3.8, 4) is 11.8 Å². The van der Waals surface area contributed by atoms with Gasteiger partial charge in [0.2, 0.25) is 0 Å². The first-order chi connectivity index (χ1) is 9.58. The molecule has 0 radical (unpaired) electrons. The number of halogens is 1. The van der Waals surface area contributed by atoms with Crippen LogP contribution < -0.4 is 10.5 Å². The zero-order valence-electron chi connectivity index (χ0n) is 11.1. The lowest BCUT2D eigenvalue weighted by molar-refractivity contribution is 0.305. The Balaban J connectivity index is 2.11. The summed E-state index contributed by atoms with van der Waals surface area (Å²) < 4.78 is 18.9. The van der Waals surface area contributed by atoms with Crippen molar-refractivity contribution >= 4 is 0 Å². The normalized spacial score (nSPS) is 11.7. The van der Waals surface area contributed by atoms with Crippen LogP contribution in [0.5, 0.6) is 5.75 Å². The summed E-state index contributed by atoms with van der Waals surface area (Å²) in [6.45, 7) is 2.10. The van der Waals surface area contributed by atoms with E-state index in [4.69, 9.17) is 15.7 Å². The zero-order valence-corrected chi connectivity index (χ0v) is 11.1. The van der Waals surface area contributed by atoms with E-state index in [0.717, 1.165) is 5.56 Å². The van der Waals surface area contributed by atoms with Gasteiger partial charge in [-0.05, 0) is 48.4 Å². The highest BCUT2D eigenvalue weighted by molar-refractivity contribution is 5.34. The molecule has 0 unspecified atom stereocenters. The molecule has 0 aliphatic carbocycles. The number of nitrogens with two attached hydrogens (primary N) is 1. The molecule has 0 bridgehead atoms. The molecule has 1 atom stereocenters. The van der Waals surface area contributed by atoms with Crippen LogP contribution in [-0.4, -0.2) is 0 Å². The number of nitriles is 1. The highest BCUT2D eigenvalue weighted by Crippen LogP contribution is 2.19. The van der Waals surface area contributed by atoms with E-state index in [2.05, 4.69) is 0 Å². The van der Waals surface area contributed by atoms with Crippen molar-refractivity contribution in [2.75, 3.05) is 0 Å². The van der Waals surface area contributed by atoms with Gasteiger partial charge in [-0.25, -0.2) is 4.39 Å². The molecule has 2 aromatic carbocycles. The van der Waals surface area contributed by atoms with Gasteiger partial charge in [0, 0.05) is 6.04 Å². The topological polar surface area (TPSA) is 59.0 Å². The van der Waals surface area contributed by atoms with Crippen LogP contribution in [0.2, 0.25) is 0 Å². The molecule has 0 heterocycles. The lowest BCUT2D eigenvalue weighted by atomic mass is 10.1. The maximum Gasteiger partial charge on any atom is 0.124 e. The Morgan fingerprint density at radius 3 is 2.80 bits per heavy atom. The number of benzene rings is 2. The van der Waals surface area contributed by atoms with Crippen LogP contribution in [-0.2, 0) is 6.61 Å². The minimum Gasteiger partial charge on any atom is -0.489 e. The van der Waals surface area contributed by atoms with Gasteiger partial charge < -0.3 is 10.5 Å². The van der Waals surface area contributed by atoms with Gasteiger partial charge in [0.25, 0.3) is 0 Å². The van der Waals surface area contributed by atoms with Crippen LogP contribution >= 0.6 is 0 Å². The van der Waals surface area contributed by atoms with Crippen molar-refractivity contribution in [2.24, 2.45) is 5.73 Å². The molecule has 0 spiro atoms. The second-order valence-corrected chi connectivity index (χ2v) is 4.61. The van der Waals surface area contributed by atoms with Crippen LogP contribution in [0.15, 0.2) is 42.5 Å². The third-order valence-corrected chi connectivity index (χ3v) is 2.88. The van der Waals surface area contributed by atoms with Gasteiger partial charge in [0.15, 0.2) is 0 Å². The summed E-state index contributed by atoms with van der Waals surface area (Å²) in [5, 5.41) is 8.80. The number of rotatable bonds is 4. The summed E-state index contributed by atoms with van der Waals surface area (Å²) in [5.74, 6) is 0.231. The first-order valence-electron chi connectivity index (χ1n) is 6.26. The van der Waals surface area contributed by atoms with Gasteiger partial charge in [0.1, 0.15) is 18.2 Å². The first-order valence-corrected chi connectivity index (χ1v) is 6.26. The van der Waals surface area contributed by atoms with E-state index in [-0.39, 0.29) is 18.2 Å². The van der Waals surface area contributed by atoms with E-state index in [9.17, 15) is 4.39 Å². The summed E-state index contributed by atoms with van der Waals surface area (Å²) in [5.41, 5.74) is 7.68. The van der Waals surface area contributed by atoms with Crippen molar-refractivity contribution in [1.82, 2.24) is 0 Å². The van der Waals surface area contributed by atoms with Crippen molar-refractivity contribution in [2.45, 2.75) is 19.6 Å². The van der Waals surface area contributed by atoms with E-state index in [1.807, 2.05) is 37.3 Å². The largest absolute Gasteiger partial charge is 0.489 e. The molecular weight excluding hydrogens is 255 g/mol. The fourth-order valence-corrected chi connectivity index (χ4v) is 1.85. The maximum absolute atomic E-state index is 13.3. The fraction of sp³-hybridized carbons (Fsp3) is 0.188. The van der Waals surface area contributed by atoms with E-state index >= 15 is 0 Å². The lowest BCUT2D eigenvalue weighted by Crippen LogP contribution is -2.05. The molecule has 0 fully saturated rings. The van der Waals surface area contributed by atoms with Gasteiger partial charge >= 0.3 is 0 Å². The third-order valence-electron chi connectivity index (χ3n) is 2.88. The van der Waals surface area contributed by atoms with Crippen LogP contribution in [0.4, 0.5) is 4.39 Å². The minimum absolute atomic E-state index is 0.0714. The summed E-state index contributed by atoms with van der Waals surface area (Å²) in [4.78, 5) is 0. The smallest absolute Gasteiger partial charge is 0.124 e. The van der Waals surface area contributed by atoms with Crippen molar-refractivity contribution in [1.29, 1.82) is 5.26 Å². The Labute approximate surface area is 117 Å². The Morgan fingerprint density at radius 2 is 2.10 bits per heavy atom. The molecule has 0 amide bonds. The molecule has 0 aromatic heterocycles. The fourth-order valence-electron chi connectivity index (χ4n) is 1.85. The summed E-state index contributed by atoms with van der Waals surface area (Å²) in [6, 6.07) is 13.5. The van der Waals surface area contributed by atoms with Gasteiger partial charge in [-0.1, -0.05) is 12.1 Å². The standard InChI is InChI=1S/C16H15FN2O/c1-11(19)14-3-2-4-16(8-14)20-10-13-5-12(9-18)6-15(17)7-13/h2-8,11H,10,19H2,1H3/t11-/m1/s1. The monoisotopic (exact) mass is 270 g/mol. The van der Waals surface area contributed by atoms with E-state index in [1.165, 1.54) is 12.1 Å². The maximum atomic E-state index is 13.3.